The van der Waals surface area contributed by atoms with Gasteiger partial charge in [0.15, 0.2) is 0 Å². The van der Waals surface area contributed by atoms with Crippen LogP contribution < -0.4 is 5.32 Å². The number of rotatable bonds is 3. The normalized spacial score (nSPS) is 17.5. The molecule has 1 amide bonds. The molecule has 0 aliphatic carbocycles. The van der Waals surface area contributed by atoms with E-state index in [1.165, 1.54) is 0 Å². The summed E-state index contributed by atoms with van der Waals surface area (Å²) in [5.41, 5.74) is 1.07. The average molecular weight is 323 g/mol. The molecule has 1 aromatic carbocycles. The van der Waals surface area contributed by atoms with Crippen LogP contribution in [0.15, 0.2) is 24.4 Å². The molecule has 1 aliphatic heterocycles. The number of hydrogen-bond acceptors (Lipinski definition) is 3. The lowest BCUT2D eigenvalue weighted by molar-refractivity contribution is 0.0636. The van der Waals surface area contributed by atoms with E-state index in [2.05, 4.69) is 9.88 Å². The van der Waals surface area contributed by atoms with E-state index >= 15 is 0 Å². The van der Waals surface area contributed by atoms with E-state index in [4.69, 9.17) is 21.1 Å². The Kier molecular flexibility index (Phi) is 3.78. The summed E-state index contributed by atoms with van der Waals surface area (Å²) in [7, 11) is 0. The molecule has 1 fully saturated rings. The van der Waals surface area contributed by atoms with Crippen LogP contribution in [0.3, 0.4) is 0 Å². The van der Waals surface area contributed by atoms with Crippen LogP contribution in [0, 0.1) is 0 Å². The zero-order valence-corrected chi connectivity index (χ0v) is 13.6. The van der Waals surface area contributed by atoms with Crippen LogP contribution in [0.1, 0.15) is 20.8 Å². The van der Waals surface area contributed by atoms with Crippen molar-refractivity contribution in [2.45, 2.75) is 39.0 Å². The molecule has 1 atom stereocenters. The molecule has 1 saturated heterocycles. The third-order valence-corrected chi connectivity index (χ3v) is 3.58. The number of nitrogens with one attached hydrogen (secondary N) is 1. The largest absolute Gasteiger partial charge is 0.444 e. The number of benzene rings is 1. The molecule has 0 bridgehead atoms. The van der Waals surface area contributed by atoms with Gasteiger partial charge in [0.1, 0.15) is 5.60 Å². The number of anilines is 1. The van der Waals surface area contributed by atoms with Gasteiger partial charge in [0.25, 0.3) is 0 Å². The van der Waals surface area contributed by atoms with E-state index in [0.717, 1.165) is 24.1 Å². The van der Waals surface area contributed by atoms with E-state index in [1.807, 2.05) is 45.2 Å². The maximum absolute atomic E-state index is 12.0. The third kappa shape index (κ3) is 3.36. The van der Waals surface area contributed by atoms with Crippen molar-refractivity contribution in [3.8, 4) is 0 Å². The van der Waals surface area contributed by atoms with Crippen LogP contribution >= 0.6 is 11.6 Å². The highest BCUT2D eigenvalue weighted by Gasteiger charge is 2.24. The predicted molar refractivity (Wildman–Crippen MR) is 86.5 cm³/mol. The molecule has 1 aromatic heterocycles. The molecule has 0 spiro atoms. The highest BCUT2D eigenvalue weighted by Crippen LogP contribution is 2.33. The Morgan fingerprint density at radius 1 is 1.50 bits per heavy atom. The van der Waals surface area contributed by atoms with Gasteiger partial charge in [-0.2, -0.15) is 0 Å². The Labute approximate surface area is 134 Å². The third-order valence-electron chi connectivity index (χ3n) is 3.30. The number of halogens is 1. The van der Waals surface area contributed by atoms with Gasteiger partial charge in [-0.1, -0.05) is 17.7 Å². The van der Waals surface area contributed by atoms with E-state index in [0.29, 0.717) is 10.7 Å². The average Bonchev–Trinajstić information content (AvgIpc) is 3.13. The first-order valence-electron chi connectivity index (χ1n) is 7.22. The molecule has 2 heterocycles. The minimum absolute atomic E-state index is 0.258. The topological polar surface area (TPSA) is 55.8 Å². The molecule has 6 heteroatoms. The molecule has 0 saturated carbocycles. The van der Waals surface area contributed by atoms with E-state index in [9.17, 15) is 4.79 Å². The molecule has 1 unspecified atom stereocenters. The van der Waals surface area contributed by atoms with E-state index in [-0.39, 0.29) is 6.10 Å². The molecular weight excluding hydrogens is 304 g/mol. The fourth-order valence-electron chi connectivity index (χ4n) is 2.36. The van der Waals surface area contributed by atoms with Crippen molar-refractivity contribution in [2.24, 2.45) is 0 Å². The second kappa shape index (κ2) is 5.48. The zero-order valence-electron chi connectivity index (χ0n) is 12.9. The minimum atomic E-state index is -0.545. The highest BCUT2D eigenvalue weighted by atomic mass is 35.5. The fraction of sp³-hybridized carbons (Fsp3) is 0.438. The first-order chi connectivity index (χ1) is 10.3. The highest BCUT2D eigenvalue weighted by molar-refractivity contribution is 6.37. The zero-order chi connectivity index (χ0) is 15.9. The van der Waals surface area contributed by atoms with Crippen LogP contribution in [-0.4, -0.2) is 29.0 Å². The van der Waals surface area contributed by atoms with Gasteiger partial charge in [0.2, 0.25) is 0 Å². The molecule has 118 valence electrons. The van der Waals surface area contributed by atoms with Crippen molar-refractivity contribution in [1.82, 2.24) is 4.57 Å². The lowest BCUT2D eigenvalue weighted by Gasteiger charge is -2.20. The predicted octanol–water partition coefficient (Wildman–Crippen LogP) is 4.04. The second-order valence-electron chi connectivity index (χ2n) is 6.41. The lowest BCUT2D eigenvalue weighted by Crippen LogP contribution is -2.27. The Morgan fingerprint density at radius 2 is 2.23 bits per heavy atom. The van der Waals surface area contributed by atoms with Gasteiger partial charge in [0.05, 0.1) is 35.5 Å². The lowest BCUT2D eigenvalue weighted by atomic mass is 10.2. The van der Waals surface area contributed by atoms with Crippen molar-refractivity contribution in [3.63, 3.8) is 0 Å². The number of epoxide rings is 1. The Morgan fingerprint density at radius 3 is 2.86 bits per heavy atom. The van der Waals surface area contributed by atoms with Gasteiger partial charge in [-0.3, -0.25) is 5.32 Å². The van der Waals surface area contributed by atoms with Crippen LogP contribution in [0.25, 0.3) is 10.9 Å². The summed E-state index contributed by atoms with van der Waals surface area (Å²) in [6.07, 6.45) is 1.64. The molecule has 3 rings (SSSR count). The van der Waals surface area contributed by atoms with Gasteiger partial charge in [0, 0.05) is 11.6 Å². The summed E-state index contributed by atoms with van der Waals surface area (Å²) in [5.74, 6) is 0. The number of ether oxygens (including phenoxy) is 2. The Balaban J connectivity index is 1.89. The smallest absolute Gasteiger partial charge is 0.412 e. The number of carbonyl (C=O) groups excluding carboxylic acids is 1. The van der Waals surface area contributed by atoms with E-state index in [1.54, 1.807) is 0 Å². The maximum Gasteiger partial charge on any atom is 0.412 e. The van der Waals surface area contributed by atoms with Crippen LogP contribution in [-0.2, 0) is 16.0 Å². The SMILES string of the molecule is CC(C)(C)OC(=O)Nc1cccc2c1c(Cl)cn2CC1CO1. The van der Waals surface area contributed by atoms with Crippen molar-refractivity contribution in [1.29, 1.82) is 0 Å². The molecule has 0 radical (unpaired) electrons. The first kappa shape index (κ1) is 15.2. The number of hydrogen-bond donors (Lipinski definition) is 1. The number of amides is 1. The summed E-state index contributed by atoms with van der Waals surface area (Å²) >= 11 is 6.35. The van der Waals surface area contributed by atoms with Crippen molar-refractivity contribution >= 4 is 34.3 Å². The van der Waals surface area contributed by atoms with Gasteiger partial charge in [-0.05, 0) is 32.9 Å². The maximum atomic E-state index is 12.0. The molecule has 22 heavy (non-hydrogen) atoms. The summed E-state index contributed by atoms with van der Waals surface area (Å²) < 4.78 is 12.6. The standard InChI is InChI=1S/C16H19ClN2O3/c1-16(2,3)22-15(20)18-12-5-4-6-13-14(12)11(17)8-19(13)7-10-9-21-10/h4-6,8,10H,7,9H2,1-3H3,(H,18,20). The van der Waals surface area contributed by atoms with Crippen LogP contribution in [0.5, 0.6) is 0 Å². The molecule has 2 aromatic rings. The van der Waals surface area contributed by atoms with Crippen LogP contribution in [0.4, 0.5) is 10.5 Å². The Hall–Kier alpha value is -1.72. The first-order valence-corrected chi connectivity index (χ1v) is 7.60. The summed E-state index contributed by atoms with van der Waals surface area (Å²) in [6, 6.07) is 5.68. The Bertz CT molecular complexity index is 714. The summed E-state index contributed by atoms with van der Waals surface area (Å²) in [5, 5.41) is 4.19. The number of aromatic nitrogens is 1. The van der Waals surface area contributed by atoms with Gasteiger partial charge in [-0.15, -0.1) is 0 Å². The van der Waals surface area contributed by atoms with Gasteiger partial charge in [-0.25, -0.2) is 4.79 Å². The van der Waals surface area contributed by atoms with Crippen molar-refractivity contribution < 1.29 is 14.3 Å². The van der Waals surface area contributed by atoms with E-state index < -0.39 is 11.7 Å². The number of fused-ring (bicyclic) bond motifs is 1. The van der Waals surface area contributed by atoms with Crippen LogP contribution in [0.2, 0.25) is 5.02 Å². The number of carbonyl (C=O) groups is 1. The summed E-state index contributed by atoms with van der Waals surface area (Å²) in [6.45, 7) is 7.02. The summed E-state index contributed by atoms with van der Waals surface area (Å²) in [4.78, 5) is 12.0. The quantitative estimate of drug-likeness (QED) is 0.868. The molecule has 5 nitrogen and oxygen atoms in total. The second-order valence-corrected chi connectivity index (χ2v) is 6.82. The minimum Gasteiger partial charge on any atom is -0.444 e. The van der Waals surface area contributed by atoms with Crippen molar-refractivity contribution in [3.05, 3.63) is 29.4 Å². The molecular formula is C16H19ClN2O3. The van der Waals surface area contributed by atoms with Gasteiger partial charge < -0.3 is 14.0 Å². The number of nitrogens with zero attached hydrogens (tertiary/aromatic N) is 1. The molecule has 1 aliphatic rings. The monoisotopic (exact) mass is 322 g/mol. The molecule has 1 N–H and O–H groups in total. The fourth-order valence-corrected chi connectivity index (χ4v) is 2.68. The van der Waals surface area contributed by atoms with Gasteiger partial charge >= 0.3 is 6.09 Å². The van der Waals surface area contributed by atoms with Crippen molar-refractivity contribution in [2.75, 3.05) is 11.9 Å².